The molecule has 0 bridgehead atoms. The molecule has 5 nitrogen and oxygen atoms in total. The molecule has 3 aromatic rings. The van der Waals surface area contributed by atoms with Gasteiger partial charge < -0.3 is 10.3 Å². The van der Waals surface area contributed by atoms with Crippen LogP contribution in [0.25, 0.3) is 11.0 Å². The number of fused-ring (bicyclic) bond motifs is 1. The summed E-state index contributed by atoms with van der Waals surface area (Å²) in [5.74, 6) is 1.05. The zero-order valence-electron chi connectivity index (χ0n) is 13.4. The molecular weight excluding hydrogens is 342 g/mol. The molecule has 0 atom stereocenters. The van der Waals surface area contributed by atoms with Gasteiger partial charge in [0.2, 0.25) is 0 Å². The normalized spacial score (nSPS) is 15.9. The fraction of sp³-hybridized carbons (Fsp3) is 0.412. The molecule has 7 heteroatoms. The largest absolute Gasteiger partial charge is 0.380 e. The maximum atomic E-state index is 5.87. The highest BCUT2D eigenvalue weighted by molar-refractivity contribution is 7.15. The lowest BCUT2D eigenvalue weighted by Crippen LogP contribution is -2.29. The molecule has 1 aliphatic heterocycles. The Morgan fingerprint density at radius 1 is 1.25 bits per heavy atom. The summed E-state index contributed by atoms with van der Waals surface area (Å²) < 4.78 is 0.582. The van der Waals surface area contributed by atoms with Gasteiger partial charge in [-0.3, -0.25) is 4.90 Å². The number of anilines is 1. The smallest absolute Gasteiger partial charge is 0.183 e. The minimum atomic E-state index is 0.582. The Kier molecular flexibility index (Phi) is 4.69. The molecule has 0 saturated carbocycles. The average molecular weight is 362 g/mol. The number of rotatable bonds is 5. The molecule has 3 heterocycles. The number of nitrogens with zero attached hydrogens (tertiary/aromatic N) is 3. The molecule has 1 saturated heterocycles. The van der Waals surface area contributed by atoms with Crippen LogP contribution in [0, 0.1) is 0 Å². The van der Waals surface area contributed by atoms with Crippen LogP contribution in [0.4, 0.5) is 5.69 Å². The number of nitrogens with one attached hydrogen (secondary N) is 2. The first-order chi connectivity index (χ1) is 11.8. The third-order valence-electron chi connectivity index (χ3n) is 4.35. The van der Waals surface area contributed by atoms with E-state index in [4.69, 9.17) is 16.6 Å². The zero-order chi connectivity index (χ0) is 16.4. The summed E-state index contributed by atoms with van der Waals surface area (Å²) in [5.41, 5.74) is 3.17. The van der Waals surface area contributed by atoms with Crippen LogP contribution in [-0.4, -0.2) is 32.9 Å². The first-order valence-electron chi connectivity index (χ1n) is 8.31. The van der Waals surface area contributed by atoms with Gasteiger partial charge >= 0.3 is 0 Å². The molecule has 0 unspecified atom stereocenters. The number of aromatic amines is 1. The highest BCUT2D eigenvalue weighted by Crippen LogP contribution is 2.22. The summed E-state index contributed by atoms with van der Waals surface area (Å²) in [7, 11) is 0. The third-order valence-corrected chi connectivity index (χ3v) is 5.46. The van der Waals surface area contributed by atoms with Gasteiger partial charge in [-0.05, 0) is 44.1 Å². The van der Waals surface area contributed by atoms with E-state index in [0.29, 0.717) is 4.47 Å². The van der Waals surface area contributed by atoms with E-state index < -0.39 is 0 Å². The van der Waals surface area contributed by atoms with Gasteiger partial charge in [-0.25, -0.2) is 9.97 Å². The molecule has 1 fully saturated rings. The second-order valence-electron chi connectivity index (χ2n) is 6.19. The Labute approximate surface area is 150 Å². The average Bonchev–Trinajstić information content (AvgIpc) is 3.18. The van der Waals surface area contributed by atoms with E-state index in [1.165, 1.54) is 43.7 Å². The van der Waals surface area contributed by atoms with Crippen molar-refractivity contribution in [3.63, 3.8) is 0 Å². The van der Waals surface area contributed by atoms with E-state index in [-0.39, 0.29) is 0 Å². The van der Waals surface area contributed by atoms with E-state index in [9.17, 15) is 0 Å². The number of benzene rings is 1. The zero-order valence-corrected chi connectivity index (χ0v) is 15.0. The van der Waals surface area contributed by atoms with Crippen LogP contribution in [0.3, 0.4) is 0 Å². The van der Waals surface area contributed by atoms with Crippen LogP contribution >= 0.6 is 22.9 Å². The molecule has 0 radical (unpaired) electrons. The number of hydrogen-bond donors (Lipinski definition) is 2. The fourth-order valence-corrected chi connectivity index (χ4v) is 4.05. The summed E-state index contributed by atoms with van der Waals surface area (Å²) in [5, 5.41) is 3.41. The van der Waals surface area contributed by atoms with Crippen LogP contribution < -0.4 is 5.32 Å². The van der Waals surface area contributed by atoms with Gasteiger partial charge in [-0.15, -0.1) is 11.3 Å². The van der Waals surface area contributed by atoms with E-state index >= 15 is 0 Å². The Morgan fingerprint density at radius 3 is 2.92 bits per heavy atom. The van der Waals surface area contributed by atoms with Crippen molar-refractivity contribution in [2.75, 3.05) is 18.4 Å². The van der Waals surface area contributed by atoms with Crippen LogP contribution in [0.5, 0.6) is 0 Å². The number of hydrogen-bond acceptors (Lipinski definition) is 5. The van der Waals surface area contributed by atoms with Gasteiger partial charge in [-0.2, -0.15) is 0 Å². The molecule has 1 aliphatic rings. The molecule has 1 aromatic carbocycles. The van der Waals surface area contributed by atoms with Crippen molar-refractivity contribution in [1.29, 1.82) is 0 Å². The van der Waals surface area contributed by atoms with Gasteiger partial charge in [-0.1, -0.05) is 18.0 Å². The quantitative estimate of drug-likeness (QED) is 0.712. The molecule has 0 amide bonds. The molecule has 0 aliphatic carbocycles. The van der Waals surface area contributed by atoms with Gasteiger partial charge in [0, 0.05) is 16.8 Å². The third kappa shape index (κ3) is 3.71. The van der Waals surface area contributed by atoms with Gasteiger partial charge in [0.25, 0.3) is 0 Å². The molecule has 2 N–H and O–H groups in total. The monoisotopic (exact) mass is 361 g/mol. The number of thiazole rings is 1. The van der Waals surface area contributed by atoms with Crippen LogP contribution in [0.2, 0.25) is 4.47 Å². The highest BCUT2D eigenvalue weighted by Gasteiger charge is 2.12. The number of likely N-dealkylation sites (tertiary alicyclic amines) is 1. The summed E-state index contributed by atoms with van der Waals surface area (Å²) in [6.45, 7) is 4.00. The number of halogens is 1. The van der Waals surface area contributed by atoms with Crippen molar-refractivity contribution in [2.24, 2.45) is 0 Å². The van der Waals surface area contributed by atoms with E-state index in [0.717, 1.165) is 40.5 Å². The topological polar surface area (TPSA) is 56.8 Å². The second-order valence-corrected chi connectivity index (χ2v) is 7.88. The van der Waals surface area contributed by atoms with Crippen LogP contribution in [0.1, 0.15) is 30.0 Å². The fourth-order valence-electron chi connectivity index (χ4n) is 3.13. The molecule has 126 valence electrons. The maximum absolute atomic E-state index is 5.87. The second kappa shape index (κ2) is 7.09. The first-order valence-corrected chi connectivity index (χ1v) is 9.51. The minimum absolute atomic E-state index is 0.582. The van der Waals surface area contributed by atoms with Crippen LogP contribution in [0.15, 0.2) is 24.4 Å². The van der Waals surface area contributed by atoms with Crippen molar-refractivity contribution in [3.8, 4) is 0 Å². The Morgan fingerprint density at radius 2 is 2.12 bits per heavy atom. The van der Waals surface area contributed by atoms with Crippen molar-refractivity contribution in [1.82, 2.24) is 19.9 Å². The molecular formula is C17H20ClN5S. The highest BCUT2D eigenvalue weighted by atomic mass is 35.5. The SMILES string of the molecule is Clc1ncc(CNc2ccc3nc(CN4CCCCC4)[nH]c3c2)s1. The number of H-pyrrole nitrogens is 1. The summed E-state index contributed by atoms with van der Waals surface area (Å²) in [6.07, 6.45) is 5.77. The summed E-state index contributed by atoms with van der Waals surface area (Å²) in [4.78, 5) is 15.8. The van der Waals surface area contributed by atoms with Crippen molar-refractivity contribution in [2.45, 2.75) is 32.4 Å². The predicted octanol–water partition coefficient (Wildman–Crippen LogP) is 4.27. The summed E-state index contributed by atoms with van der Waals surface area (Å²) >= 11 is 7.37. The van der Waals surface area contributed by atoms with Crippen molar-refractivity contribution < 1.29 is 0 Å². The molecule has 24 heavy (non-hydrogen) atoms. The lowest BCUT2D eigenvalue weighted by molar-refractivity contribution is 0.216. The maximum Gasteiger partial charge on any atom is 0.183 e. The number of aromatic nitrogens is 3. The van der Waals surface area contributed by atoms with Gasteiger partial charge in [0.05, 0.1) is 24.1 Å². The van der Waals surface area contributed by atoms with Crippen LogP contribution in [-0.2, 0) is 13.1 Å². The molecule has 0 spiro atoms. The standard InChI is InChI=1S/C17H20ClN5S/c18-17-20-10-13(24-17)9-19-12-4-5-14-15(8-12)22-16(21-14)11-23-6-2-1-3-7-23/h4-5,8,10,19H,1-3,6-7,9,11H2,(H,21,22). The predicted molar refractivity (Wildman–Crippen MR) is 99.7 cm³/mol. The van der Waals surface area contributed by atoms with Crippen molar-refractivity contribution in [3.05, 3.63) is 39.6 Å². The lowest BCUT2D eigenvalue weighted by Gasteiger charge is -2.25. The van der Waals surface area contributed by atoms with Gasteiger partial charge in [0.15, 0.2) is 4.47 Å². The van der Waals surface area contributed by atoms with Gasteiger partial charge in [0.1, 0.15) is 5.82 Å². The van der Waals surface area contributed by atoms with E-state index in [1.807, 2.05) is 6.20 Å². The van der Waals surface area contributed by atoms with E-state index in [1.54, 1.807) is 0 Å². The first kappa shape index (κ1) is 15.9. The minimum Gasteiger partial charge on any atom is -0.380 e. The summed E-state index contributed by atoms with van der Waals surface area (Å²) in [6, 6.07) is 6.24. The van der Waals surface area contributed by atoms with E-state index in [2.05, 4.69) is 38.4 Å². The number of piperidine rings is 1. The Balaban J connectivity index is 1.44. The van der Waals surface area contributed by atoms with Crippen molar-refractivity contribution >= 4 is 39.7 Å². The number of imidazole rings is 1. The molecule has 4 rings (SSSR count). The molecule has 2 aromatic heterocycles. The Hall–Kier alpha value is -1.63. The Bertz CT molecular complexity index is 821. The lowest BCUT2D eigenvalue weighted by atomic mass is 10.1.